The van der Waals surface area contributed by atoms with Crippen LogP contribution < -0.4 is 0 Å². The summed E-state index contributed by atoms with van der Waals surface area (Å²) in [6.45, 7) is 40.0. The molecule has 20 bridgehead atoms. The van der Waals surface area contributed by atoms with Crippen LogP contribution in [0, 0.1) is 136 Å². The van der Waals surface area contributed by atoms with E-state index in [4.69, 9.17) is 23.1 Å². The van der Waals surface area contributed by atoms with Crippen LogP contribution in [0.1, 0.15) is 304 Å². The number of rotatable bonds is 2. The fourth-order valence-corrected chi connectivity index (χ4v) is 25.9. The van der Waals surface area contributed by atoms with Gasteiger partial charge in [0.25, 0.3) is 10.1 Å². The van der Waals surface area contributed by atoms with E-state index in [0.717, 1.165) is 164 Å². The number of esters is 1. The van der Waals surface area contributed by atoms with Crippen molar-refractivity contribution in [2.75, 3.05) is 13.2 Å². The first-order chi connectivity index (χ1) is 42.8. The lowest BCUT2D eigenvalue weighted by Crippen LogP contribution is -2.46. The summed E-state index contributed by atoms with van der Waals surface area (Å²) < 4.78 is 49.2. The van der Waals surface area contributed by atoms with E-state index in [0.29, 0.717) is 30.1 Å². The van der Waals surface area contributed by atoms with Gasteiger partial charge in [0.15, 0.2) is 0 Å². The van der Waals surface area contributed by atoms with Gasteiger partial charge in [-0.05, 0) is 285 Å². The molecule has 0 aromatic rings. The Morgan fingerprint density at radius 1 is 0.432 bits per heavy atom. The van der Waals surface area contributed by atoms with E-state index >= 15 is 0 Å². The SMILES string of the molecule is C1CC2COC(C1)C2.C1OC2CC3CC1C2C3.CC.CC.CC.CC.CC.CC.CC.CC(C)C1C2CC3CC(C2)CC1C3.CC1C2CC3CC(C2)CC1C3.CCC1C2CC3CC(C2)CC1C3.O=C1OC2CC3CC1C2O3.O=S1(=O)OC2CC3CC2C1C3. The summed E-state index contributed by atoms with van der Waals surface area (Å²) in [6, 6.07) is 0. The molecule has 17 saturated carbocycles. The number of carbonyl (C=O) groups excluding carboxylic acids is 1. The molecule has 514 valence electrons. The summed E-state index contributed by atoms with van der Waals surface area (Å²) >= 11 is 0. The van der Waals surface area contributed by atoms with Gasteiger partial charge in [-0.3, -0.25) is 8.98 Å². The first-order valence-electron chi connectivity index (χ1n) is 39.8. The third-order valence-electron chi connectivity index (χ3n) is 26.4. The smallest absolute Gasteiger partial charge is 0.312 e. The maximum atomic E-state index is 11.3. The highest BCUT2D eigenvalue weighted by Crippen LogP contribution is 2.61. The lowest BCUT2D eigenvalue weighted by Gasteiger charge is -2.55. The molecule has 8 nitrogen and oxygen atoms in total. The summed E-state index contributed by atoms with van der Waals surface area (Å²) in [6.07, 6.45) is 42.1. The fraction of sp³-hybridized carbons (Fsp3) is 0.987. The molecule has 88 heavy (non-hydrogen) atoms. The Bertz CT molecular complexity index is 1990. The Labute approximate surface area is 545 Å². The van der Waals surface area contributed by atoms with Crippen LogP contribution in [-0.4, -0.2) is 69.5 Å². The largest absolute Gasteiger partial charge is 0.459 e. The molecule has 0 amide bonds. The van der Waals surface area contributed by atoms with Crippen molar-refractivity contribution in [1.29, 1.82) is 0 Å². The van der Waals surface area contributed by atoms with E-state index in [1.54, 1.807) is 96.3 Å². The van der Waals surface area contributed by atoms with Crippen LogP contribution >= 0.6 is 0 Å². The second kappa shape index (κ2) is 35.3. The van der Waals surface area contributed by atoms with Crippen LogP contribution in [0.2, 0.25) is 0 Å². The van der Waals surface area contributed by atoms with Gasteiger partial charge in [0.2, 0.25) is 0 Å². The maximum Gasteiger partial charge on any atom is 0.312 e. The molecule has 9 heteroatoms. The molecule has 14 unspecified atom stereocenters. The van der Waals surface area contributed by atoms with Gasteiger partial charge in [-0.2, -0.15) is 8.42 Å². The van der Waals surface area contributed by atoms with E-state index in [1.165, 1.54) is 51.4 Å². The van der Waals surface area contributed by atoms with Gasteiger partial charge in [0.1, 0.15) is 12.2 Å². The molecule has 6 aliphatic heterocycles. The summed E-state index contributed by atoms with van der Waals surface area (Å²) in [7, 11) is -3.13. The van der Waals surface area contributed by atoms with E-state index < -0.39 is 10.1 Å². The third kappa shape index (κ3) is 17.1. The highest BCUT2D eigenvalue weighted by Gasteiger charge is 2.60. The van der Waals surface area contributed by atoms with Gasteiger partial charge in [-0.25, -0.2) is 0 Å². The molecule has 0 radical (unpaired) electrons. The molecule has 17 aliphatic carbocycles. The molecule has 0 N–H and O–H groups in total. The summed E-state index contributed by atoms with van der Waals surface area (Å²) in [5, 5.41) is -0.133. The Balaban J connectivity index is 0.000000142. The van der Waals surface area contributed by atoms with E-state index in [2.05, 4.69) is 27.7 Å². The Hall–Kier alpha value is -0.740. The van der Waals surface area contributed by atoms with Crippen molar-refractivity contribution in [1.82, 2.24) is 0 Å². The van der Waals surface area contributed by atoms with Crippen molar-refractivity contribution in [3.05, 3.63) is 0 Å². The standard InChI is InChI=1S/C13H22.C12H20.C11H18.C8H12O.C7H10O3S.C7H8O3.C7H12O.7C2H6/c1-8(2)13-11-4-9-3-10(6-11)7-12(13)5-9;1-2-12-10-4-8-3-9(6-10)7-11(12)5-8;1-7-10-3-8-2-9(5-10)6-11(7)4-8;1-5-2-7-6(1)4-9-8(7)3-5;8-11(9)7-3-4-1-5(7)6(2-4)10-11;8-7-4-1-3-2-5(10-7)6(4)9-3;1-2-6-4-7(3-1)8-5-6;7*1-2/h8-13H,3-7H2,1-2H3;8-12H,2-7H2,1H3;7-11H,2-6H2,1H3;5-8H,1-4H2;4-7H,1-3H2;3-6H,1-2H2;6-7H,1-5H2;7*1-2H3. The van der Waals surface area contributed by atoms with Crippen molar-refractivity contribution in [2.24, 2.45) is 136 Å². The molecule has 14 atom stereocenters. The fourth-order valence-electron chi connectivity index (χ4n) is 24.0. The first-order valence-corrected chi connectivity index (χ1v) is 41.3. The van der Waals surface area contributed by atoms with Gasteiger partial charge in [0, 0.05) is 18.9 Å². The zero-order valence-electron chi connectivity index (χ0n) is 60.7. The predicted octanol–water partition coefficient (Wildman–Crippen LogP) is 21.1. The van der Waals surface area contributed by atoms with Crippen LogP contribution in [0.3, 0.4) is 0 Å². The maximum absolute atomic E-state index is 11.3. The molecule has 6 heterocycles. The molecular formula is C79H144O8S. The zero-order valence-corrected chi connectivity index (χ0v) is 61.5. The summed E-state index contributed by atoms with van der Waals surface area (Å²) in [5.74, 6) is 23.1. The molecule has 23 rings (SSSR count). The van der Waals surface area contributed by atoms with Gasteiger partial charge < -0.3 is 18.9 Å². The van der Waals surface area contributed by atoms with Crippen molar-refractivity contribution in [3.8, 4) is 0 Å². The third-order valence-corrected chi connectivity index (χ3v) is 28.2. The van der Waals surface area contributed by atoms with Crippen molar-refractivity contribution < 1.29 is 36.3 Å². The Kier molecular flexibility index (Phi) is 30.0. The van der Waals surface area contributed by atoms with Crippen LogP contribution in [0.25, 0.3) is 0 Å². The first kappa shape index (κ1) is 74.7. The molecule has 23 aliphatic rings. The Morgan fingerprint density at radius 2 is 0.898 bits per heavy atom. The second-order valence-electron chi connectivity index (χ2n) is 31.1. The topological polar surface area (TPSA) is 97.4 Å². The molecule has 6 saturated heterocycles. The van der Waals surface area contributed by atoms with E-state index in [9.17, 15) is 13.2 Å². The van der Waals surface area contributed by atoms with Crippen LogP contribution in [-0.2, 0) is 38.0 Å². The summed E-state index contributed by atoms with van der Waals surface area (Å²) in [5.41, 5.74) is 0. The lowest BCUT2D eigenvalue weighted by atomic mass is 9.50. The molecule has 0 aromatic heterocycles. The molecular weight excluding hydrogens is 1110 g/mol. The number of fused-ring (bicyclic) bond motifs is 5. The van der Waals surface area contributed by atoms with Crippen molar-refractivity contribution in [2.45, 2.75) is 346 Å². The zero-order chi connectivity index (χ0) is 64.1. The van der Waals surface area contributed by atoms with Crippen LogP contribution in [0.5, 0.6) is 0 Å². The van der Waals surface area contributed by atoms with Gasteiger partial charge in [-0.1, -0.05) is 137 Å². The molecule has 23 fully saturated rings. The van der Waals surface area contributed by atoms with Crippen LogP contribution in [0.4, 0.5) is 0 Å². The monoisotopic (exact) mass is 1250 g/mol. The lowest BCUT2D eigenvalue weighted by molar-refractivity contribution is -0.143. The molecule has 0 aromatic carbocycles. The minimum atomic E-state index is -3.13. The van der Waals surface area contributed by atoms with Gasteiger partial charge in [-0.15, -0.1) is 0 Å². The predicted molar refractivity (Wildman–Crippen MR) is 367 cm³/mol. The quantitative estimate of drug-likeness (QED) is 0.199. The van der Waals surface area contributed by atoms with Gasteiger partial charge in [0.05, 0.1) is 42.2 Å². The normalized spacial score (nSPS) is 47.4. The number of carbonyl (C=O) groups is 1. The average Bonchev–Trinajstić information content (AvgIpc) is 2.54. The minimum Gasteiger partial charge on any atom is -0.459 e. The average molecular weight is 1250 g/mol. The molecule has 0 spiro atoms. The highest BCUT2D eigenvalue weighted by atomic mass is 32.2. The number of ether oxygens (including phenoxy) is 4. The second-order valence-corrected chi connectivity index (χ2v) is 32.9. The highest BCUT2D eigenvalue weighted by molar-refractivity contribution is 7.87. The van der Waals surface area contributed by atoms with Crippen molar-refractivity contribution in [3.63, 3.8) is 0 Å². The summed E-state index contributed by atoms with van der Waals surface area (Å²) in [4.78, 5) is 11.0. The Morgan fingerprint density at radius 3 is 1.30 bits per heavy atom. The van der Waals surface area contributed by atoms with E-state index in [-0.39, 0.29) is 35.4 Å². The van der Waals surface area contributed by atoms with Crippen molar-refractivity contribution >= 4 is 16.1 Å². The van der Waals surface area contributed by atoms with Crippen LogP contribution in [0.15, 0.2) is 0 Å². The van der Waals surface area contributed by atoms with E-state index in [1.807, 2.05) is 96.9 Å². The number of hydrogen-bond donors (Lipinski definition) is 0. The number of hydrogen-bond acceptors (Lipinski definition) is 8. The minimum absolute atomic E-state index is 0.0324. The van der Waals surface area contributed by atoms with Gasteiger partial charge >= 0.3 is 5.97 Å².